The van der Waals surface area contributed by atoms with Crippen LogP contribution in [0.1, 0.15) is 49.4 Å². The second-order valence-electron chi connectivity index (χ2n) is 15.7. The van der Waals surface area contributed by atoms with E-state index in [2.05, 4.69) is 214 Å². The summed E-state index contributed by atoms with van der Waals surface area (Å²) >= 11 is 0. The summed E-state index contributed by atoms with van der Waals surface area (Å²) in [7, 11) is 0. The third kappa shape index (κ3) is 6.59. The molecule has 2 aliphatic rings. The van der Waals surface area contributed by atoms with Crippen LogP contribution in [0.4, 0.5) is 17.1 Å². The Morgan fingerprint density at radius 3 is 1.93 bits per heavy atom. The topological polar surface area (TPSA) is 24.1 Å². The fourth-order valence-corrected chi connectivity index (χ4v) is 8.45. The maximum atomic E-state index is 3.83. The number of aryl methyl sites for hydroxylation is 1. The second kappa shape index (κ2) is 14.1. The molecule has 2 N–H and O–H groups in total. The minimum Gasteiger partial charge on any atom is -0.358 e. The van der Waals surface area contributed by atoms with Crippen molar-refractivity contribution in [2.75, 3.05) is 10.6 Å². The predicted octanol–water partition coefficient (Wildman–Crippen LogP) is 14.5. The molecule has 9 rings (SSSR count). The Labute approximate surface area is 325 Å². The second-order valence-corrected chi connectivity index (χ2v) is 15.7. The Morgan fingerprint density at radius 1 is 0.491 bits per heavy atom. The molecule has 0 radical (unpaired) electrons. The Hall–Kier alpha value is -6.38. The molecule has 2 heteroatoms. The van der Waals surface area contributed by atoms with E-state index in [0.29, 0.717) is 5.92 Å². The van der Waals surface area contributed by atoms with Gasteiger partial charge in [0.25, 0.3) is 0 Å². The van der Waals surface area contributed by atoms with E-state index in [1.54, 1.807) is 0 Å². The normalized spacial score (nSPS) is 15.4. The standard InChI is InChI=1S/C53H46N2/c1-35-20-22-37(23-21-35)38-24-27-43(28-25-38)55-52-36(2)12-10-18-45(52)42-16-11-15-40(32-42)41-26-31-51(48(33-41)39-13-6-5-7-14-39)54-44-29-30-47-46-17-8-9-19-49(46)53(3,4)50(47)34-44/h5-11,13-34,36,54-55H,12H2,1-4H3. The average Bonchev–Trinajstić information content (AvgIpc) is 3.45. The molecule has 7 aromatic rings. The summed E-state index contributed by atoms with van der Waals surface area (Å²) in [5.41, 5.74) is 20.9. The number of nitrogens with one attached hydrogen (secondary N) is 2. The molecule has 2 nitrogen and oxygen atoms in total. The fraction of sp³-hybridized carbons (Fsp3) is 0.132. The molecule has 1 atom stereocenters. The first kappa shape index (κ1) is 34.4. The van der Waals surface area contributed by atoms with E-state index in [-0.39, 0.29) is 5.41 Å². The van der Waals surface area contributed by atoms with Gasteiger partial charge in [0, 0.05) is 45.2 Å². The lowest BCUT2D eigenvalue weighted by molar-refractivity contribution is 0.660. The number of benzene rings is 7. The van der Waals surface area contributed by atoms with Crippen molar-refractivity contribution in [1.82, 2.24) is 0 Å². The van der Waals surface area contributed by atoms with Gasteiger partial charge in [-0.25, -0.2) is 0 Å². The van der Waals surface area contributed by atoms with Crippen LogP contribution >= 0.6 is 0 Å². The number of anilines is 3. The zero-order chi connectivity index (χ0) is 37.5. The van der Waals surface area contributed by atoms with Gasteiger partial charge in [-0.1, -0.05) is 160 Å². The van der Waals surface area contributed by atoms with Gasteiger partial charge in [0.05, 0.1) is 0 Å². The van der Waals surface area contributed by atoms with Crippen LogP contribution in [-0.4, -0.2) is 0 Å². The van der Waals surface area contributed by atoms with Crippen molar-refractivity contribution in [3.8, 4) is 44.5 Å². The van der Waals surface area contributed by atoms with Crippen LogP contribution in [0.5, 0.6) is 0 Å². The lowest BCUT2D eigenvalue weighted by Crippen LogP contribution is -2.15. The molecule has 2 aliphatic carbocycles. The highest BCUT2D eigenvalue weighted by molar-refractivity contribution is 5.89. The number of allylic oxidation sites excluding steroid dienone is 4. The van der Waals surface area contributed by atoms with Gasteiger partial charge in [-0.3, -0.25) is 0 Å². The SMILES string of the molecule is Cc1ccc(-c2ccc(NC3=C(c4cccc(-c5ccc(Nc6ccc7c(c6)C(C)(C)c6ccccc6-7)c(-c6ccccc6)c5)c4)C=CCC3C)cc2)cc1. The van der Waals surface area contributed by atoms with Crippen molar-refractivity contribution in [3.63, 3.8) is 0 Å². The van der Waals surface area contributed by atoms with Gasteiger partial charge >= 0.3 is 0 Å². The lowest BCUT2D eigenvalue weighted by Gasteiger charge is -2.25. The number of fused-ring (bicyclic) bond motifs is 3. The molecule has 268 valence electrons. The van der Waals surface area contributed by atoms with Gasteiger partial charge < -0.3 is 10.6 Å². The first-order valence-corrected chi connectivity index (χ1v) is 19.5. The summed E-state index contributed by atoms with van der Waals surface area (Å²) in [6.07, 6.45) is 5.61. The molecular formula is C53H46N2. The Kier molecular flexibility index (Phi) is 8.83. The van der Waals surface area contributed by atoms with Gasteiger partial charge in [0.1, 0.15) is 0 Å². The number of hydrogen-bond donors (Lipinski definition) is 2. The third-order valence-electron chi connectivity index (χ3n) is 11.6. The summed E-state index contributed by atoms with van der Waals surface area (Å²) < 4.78 is 0. The highest BCUT2D eigenvalue weighted by Gasteiger charge is 2.35. The summed E-state index contributed by atoms with van der Waals surface area (Å²) in [5.74, 6) is 0.370. The third-order valence-corrected chi connectivity index (χ3v) is 11.6. The van der Waals surface area contributed by atoms with Gasteiger partial charge in [0.2, 0.25) is 0 Å². The van der Waals surface area contributed by atoms with Crippen LogP contribution in [-0.2, 0) is 5.41 Å². The van der Waals surface area contributed by atoms with Crippen molar-refractivity contribution in [2.45, 2.75) is 39.5 Å². The van der Waals surface area contributed by atoms with Crippen molar-refractivity contribution < 1.29 is 0 Å². The summed E-state index contributed by atoms with van der Waals surface area (Å²) in [5, 5.41) is 7.66. The highest BCUT2D eigenvalue weighted by Crippen LogP contribution is 2.49. The molecule has 0 aromatic heterocycles. The lowest BCUT2D eigenvalue weighted by atomic mass is 9.82. The van der Waals surface area contributed by atoms with E-state index < -0.39 is 0 Å². The van der Waals surface area contributed by atoms with E-state index >= 15 is 0 Å². The maximum absolute atomic E-state index is 3.83. The van der Waals surface area contributed by atoms with Gasteiger partial charge in [-0.15, -0.1) is 0 Å². The minimum absolute atomic E-state index is 0.0524. The highest BCUT2D eigenvalue weighted by atomic mass is 14.9. The predicted molar refractivity (Wildman–Crippen MR) is 235 cm³/mol. The monoisotopic (exact) mass is 710 g/mol. The van der Waals surface area contributed by atoms with E-state index in [0.717, 1.165) is 23.5 Å². The average molecular weight is 711 g/mol. The molecule has 0 saturated carbocycles. The Morgan fingerprint density at radius 2 is 1.13 bits per heavy atom. The maximum Gasteiger partial charge on any atom is 0.0464 e. The molecule has 0 heterocycles. The molecular weight excluding hydrogens is 665 g/mol. The molecule has 0 spiro atoms. The number of hydrogen-bond acceptors (Lipinski definition) is 2. The van der Waals surface area contributed by atoms with Crippen LogP contribution in [0.25, 0.3) is 50.1 Å². The van der Waals surface area contributed by atoms with E-state index in [1.165, 1.54) is 78.0 Å². The Bertz CT molecular complexity index is 2590. The van der Waals surface area contributed by atoms with Gasteiger partial charge in [-0.2, -0.15) is 0 Å². The summed E-state index contributed by atoms with van der Waals surface area (Å²) in [4.78, 5) is 0. The van der Waals surface area contributed by atoms with Crippen molar-refractivity contribution in [3.05, 3.63) is 204 Å². The molecule has 0 fully saturated rings. The van der Waals surface area contributed by atoms with Crippen molar-refractivity contribution in [1.29, 1.82) is 0 Å². The van der Waals surface area contributed by atoms with E-state index in [1.807, 2.05) is 0 Å². The van der Waals surface area contributed by atoms with E-state index in [9.17, 15) is 0 Å². The zero-order valence-corrected chi connectivity index (χ0v) is 32.0. The summed E-state index contributed by atoms with van der Waals surface area (Å²) in [6.45, 7) is 9.11. The molecule has 1 unspecified atom stereocenters. The van der Waals surface area contributed by atoms with E-state index in [4.69, 9.17) is 0 Å². The number of rotatable bonds is 8. The minimum atomic E-state index is -0.0524. The summed E-state index contributed by atoms with van der Waals surface area (Å²) in [6, 6.07) is 59.8. The van der Waals surface area contributed by atoms with Gasteiger partial charge in [0.15, 0.2) is 0 Å². The van der Waals surface area contributed by atoms with Crippen molar-refractivity contribution >= 4 is 22.6 Å². The first-order chi connectivity index (χ1) is 26.8. The van der Waals surface area contributed by atoms with Crippen LogP contribution in [0.3, 0.4) is 0 Å². The quantitative estimate of drug-likeness (QED) is 0.164. The molecule has 0 bridgehead atoms. The smallest absolute Gasteiger partial charge is 0.0464 e. The molecule has 7 aromatic carbocycles. The Balaban J connectivity index is 1.04. The van der Waals surface area contributed by atoms with Crippen LogP contribution in [0.2, 0.25) is 0 Å². The van der Waals surface area contributed by atoms with Crippen LogP contribution in [0.15, 0.2) is 182 Å². The van der Waals surface area contributed by atoms with Crippen molar-refractivity contribution in [2.24, 2.45) is 5.92 Å². The first-order valence-electron chi connectivity index (χ1n) is 19.5. The molecule has 0 saturated heterocycles. The zero-order valence-electron chi connectivity index (χ0n) is 32.0. The van der Waals surface area contributed by atoms with Crippen LogP contribution < -0.4 is 10.6 Å². The molecule has 0 aliphatic heterocycles. The largest absolute Gasteiger partial charge is 0.358 e. The fourth-order valence-electron chi connectivity index (χ4n) is 8.45. The molecule has 55 heavy (non-hydrogen) atoms. The van der Waals surface area contributed by atoms with Gasteiger partial charge in [-0.05, 0) is 111 Å². The van der Waals surface area contributed by atoms with Crippen LogP contribution in [0, 0.1) is 12.8 Å². The molecule has 0 amide bonds.